The van der Waals surface area contributed by atoms with E-state index in [1.165, 1.54) is 0 Å². The van der Waals surface area contributed by atoms with Gasteiger partial charge in [0.05, 0.1) is 0 Å². The summed E-state index contributed by atoms with van der Waals surface area (Å²) >= 11 is 0. The van der Waals surface area contributed by atoms with E-state index in [1.54, 1.807) is 27.7 Å². The average Bonchev–Trinajstić information content (AvgIpc) is 2.01. The number of carbonyl (C=O) groups excluding carboxylic acids is 2. The Kier molecular flexibility index (Phi) is 5.88. The Bertz CT molecular complexity index is 239. The lowest BCUT2D eigenvalue weighted by molar-refractivity contribution is -0.114. The molecule has 0 heterocycles. The van der Waals surface area contributed by atoms with Crippen LogP contribution in [0.15, 0.2) is 0 Å². The fourth-order valence-corrected chi connectivity index (χ4v) is 5.75. The first-order valence-electron chi connectivity index (χ1n) is 4.18. The van der Waals surface area contributed by atoms with Gasteiger partial charge in [-0.25, -0.2) is 0 Å². The van der Waals surface area contributed by atoms with Crippen molar-refractivity contribution in [2.75, 3.05) is 0 Å². The number of carbonyl (C=O) groups is 2. The number of halogens is 2. The second-order valence-corrected chi connectivity index (χ2v) is 11.6. The van der Waals surface area contributed by atoms with Gasteiger partial charge in [0, 0.05) is 19.3 Å². The Balaban J connectivity index is 4.49. The molecule has 0 radical (unpaired) electrons. The third kappa shape index (κ3) is 4.43. The highest BCUT2D eigenvalue weighted by Crippen LogP contribution is 2.70. The summed E-state index contributed by atoms with van der Waals surface area (Å²) in [6, 6.07) is 0. The molecule has 0 aromatic rings. The molecule has 6 heteroatoms. The zero-order valence-corrected chi connectivity index (χ0v) is 11.7. The van der Waals surface area contributed by atoms with Crippen LogP contribution >= 0.6 is 39.6 Å². The van der Waals surface area contributed by atoms with E-state index in [0.29, 0.717) is 0 Å². The summed E-state index contributed by atoms with van der Waals surface area (Å²) in [5.41, 5.74) is 0. The van der Waals surface area contributed by atoms with E-state index in [0.717, 1.165) is 10.8 Å². The van der Waals surface area contributed by atoms with Crippen molar-refractivity contribution in [3.63, 3.8) is 0 Å². The topological polar surface area (TPSA) is 34.1 Å². The van der Waals surface area contributed by atoms with Gasteiger partial charge in [0.25, 0.3) is 0 Å². The van der Waals surface area contributed by atoms with Crippen molar-refractivity contribution in [1.29, 1.82) is 0 Å². The molecule has 0 rings (SSSR count). The van der Waals surface area contributed by atoms with E-state index in [4.69, 9.17) is 21.4 Å². The smallest absolute Gasteiger partial charge is 0.210 e. The maximum Gasteiger partial charge on any atom is 0.210 e. The molecule has 0 spiro atoms. The van der Waals surface area contributed by atoms with Crippen LogP contribution < -0.4 is 0 Å². The van der Waals surface area contributed by atoms with Crippen LogP contribution in [0.2, 0.25) is 0 Å². The Morgan fingerprint density at radius 1 is 1.07 bits per heavy atom. The van der Waals surface area contributed by atoms with Gasteiger partial charge in [-0.3, -0.25) is 9.59 Å². The first kappa shape index (κ1) is 14.6. The van der Waals surface area contributed by atoms with E-state index in [9.17, 15) is 9.59 Å². The fourth-order valence-electron chi connectivity index (χ4n) is 0.515. The zero-order valence-electron chi connectivity index (χ0n) is 8.54. The van der Waals surface area contributed by atoms with Crippen molar-refractivity contribution in [3.05, 3.63) is 0 Å². The average molecular weight is 277 g/mol. The van der Waals surface area contributed by atoms with Crippen molar-refractivity contribution < 1.29 is 9.59 Å². The van der Waals surface area contributed by atoms with E-state index in [-0.39, 0.29) is 22.1 Å². The van der Waals surface area contributed by atoms with Crippen molar-refractivity contribution >= 4 is 49.9 Å². The largest absolute Gasteiger partial charge is 0.286 e. The summed E-state index contributed by atoms with van der Waals surface area (Å²) < 4.78 is 0. The lowest BCUT2D eigenvalue weighted by atomic mass is 10.3. The molecule has 0 atom stereocenters. The third-order valence-electron chi connectivity index (χ3n) is 1.36. The third-order valence-corrected chi connectivity index (χ3v) is 6.81. The Hall–Kier alpha value is 0.620. The van der Waals surface area contributed by atoms with Crippen LogP contribution in [-0.4, -0.2) is 10.2 Å². The summed E-state index contributed by atoms with van der Waals surface area (Å²) in [5.74, 6) is -0.406. The molecule has 0 aliphatic heterocycles. The van der Waals surface area contributed by atoms with E-state index in [2.05, 4.69) is 0 Å². The first-order valence-corrected chi connectivity index (χ1v) is 8.80. The normalized spacial score (nSPS) is 13.4. The van der Waals surface area contributed by atoms with Crippen LogP contribution in [0.3, 0.4) is 0 Å². The highest BCUT2D eigenvalue weighted by Gasteiger charge is 2.34. The van der Waals surface area contributed by atoms with Gasteiger partial charge in [-0.2, -0.15) is 0 Å². The summed E-state index contributed by atoms with van der Waals surface area (Å²) in [6.07, 6.45) is 0. The molecule has 0 aliphatic rings. The van der Waals surface area contributed by atoms with Gasteiger partial charge in [-0.15, -0.1) is 0 Å². The molecule has 14 heavy (non-hydrogen) atoms. The molecule has 2 nitrogen and oxygen atoms in total. The molecule has 0 bridgehead atoms. The summed E-state index contributed by atoms with van der Waals surface area (Å²) in [5, 5.41) is -0.390. The van der Waals surface area contributed by atoms with Crippen molar-refractivity contribution in [3.8, 4) is 0 Å². The standard InChI is InChI=1S/C8H14Cl2O2S2/c1-5(2)7(11)13-14(9,10)8(12)6(3)4/h5-6H,1-4H3. The van der Waals surface area contributed by atoms with Gasteiger partial charge in [0.1, 0.15) is 0 Å². The van der Waals surface area contributed by atoms with Gasteiger partial charge >= 0.3 is 0 Å². The molecule has 0 saturated carbocycles. The van der Waals surface area contributed by atoms with Gasteiger partial charge in [0.2, 0.25) is 10.2 Å². The molecule has 0 amide bonds. The van der Waals surface area contributed by atoms with E-state index < -0.39 is 7.49 Å². The fraction of sp³-hybridized carbons (Fsp3) is 0.750. The van der Waals surface area contributed by atoms with E-state index >= 15 is 0 Å². The minimum absolute atomic E-state index is 0.140. The predicted molar refractivity (Wildman–Crippen MR) is 66.6 cm³/mol. The second kappa shape index (κ2) is 5.64. The van der Waals surface area contributed by atoms with Gasteiger partial charge < -0.3 is 0 Å². The Morgan fingerprint density at radius 2 is 1.50 bits per heavy atom. The van der Waals surface area contributed by atoms with Crippen LogP contribution in [0.25, 0.3) is 0 Å². The molecule has 84 valence electrons. The van der Waals surface area contributed by atoms with E-state index in [1.807, 2.05) is 0 Å². The van der Waals surface area contributed by atoms with Crippen LogP contribution in [0.4, 0.5) is 0 Å². The minimum atomic E-state index is -2.53. The number of rotatable bonds is 2. The SMILES string of the molecule is CC(C)C(=O)SS(Cl)(Cl)C(=O)C(C)C. The monoisotopic (exact) mass is 276 g/mol. The molecule has 0 aliphatic carbocycles. The molecule has 0 N–H and O–H groups in total. The van der Waals surface area contributed by atoms with Crippen molar-refractivity contribution in [2.45, 2.75) is 27.7 Å². The molecule has 0 aromatic carbocycles. The van der Waals surface area contributed by atoms with Crippen molar-refractivity contribution in [2.24, 2.45) is 11.8 Å². The van der Waals surface area contributed by atoms with Crippen LogP contribution in [0.1, 0.15) is 27.7 Å². The predicted octanol–water partition coefficient (Wildman–Crippen LogP) is 4.11. The highest BCUT2D eigenvalue weighted by atomic mass is 36.0. The second-order valence-electron chi connectivity index (χ2n) is 3.45. The number of hydrogen-bond donors (Lipinski definition) is 0. The van der Waals surface area contributed by atoms with Gasteiger partial charge in [-0.1, -0.05) is 27.7 Å². The quantitative estimate of drug-likeness (QED) is 0.712. The molecule has 0 fully saturated rings. The first-order chi connectivity index (χ1) is 6.18. The van der Waals surface area contributed by atoms with Crippen LogP contribution in [-0.2, 0) is 9.59 Å². The molecular weight excluding hydrogens is 263 g/mol. The molecular formula is C8H14Cl2O2S2. The van der Waals surface area contributed by atoms with Crippen LogP contribution in [0.5, 0.6) is 0 Å². The molecule has 0 aromatic heterocycles. The zero-order chi connectivity index (χ0) is 11.5. The maximum atomic E-state index is 11.5. The summed E-state index contributed by atoms with van der Waals surface area (Å²) in [7, 11) is 9.96. The van der Waals surface area contributed by atoms with Crippen LogP contribution in [0, 0.1) is 11.8 Å². The Labute approximate surface area is 98.8 Å². The maximum absolute atomic E-state index is 11.5. The van der Waals surface area contributed by atoms with Gasteiger partial charge in [-0.05, 0) is 32.2 Å². The lowest BCUT2D eigenvalue weighted by Gasteiger charge is -2.23. The summed E-state index contributed by atoms with van der Waals surface area (Å²) in [4.78, 5) is 22.9. The summed E-state index contributed by atoms with van der Waals surface area (Å²) in [6.45, 7) is 6.93. The number of hydrogen-bond acceptors (Lipinski definition) is 3. The highest BCUT2D eigenvalue weighted by molar-refractivity contribution is 9.19. The van der Waals surface area contributed by atoms with Gasteiger partial charge in [0.15, 0.2) is 0 Å². The Morgan fingerprint density at radius 3 is 1.79 bits per heavy atom. The lowest BCUT2D eigenvalue weighted by Crippen LogP contribution is -2.10. The molecule has 0 unspecified atom stereocenters. The minimum Gasteiger partial charge on any atom is -0.286 e. The molecule has 0 saturated heterocycles. The van der Waals surface area contributed by atoms with Crippen molar-refractivity contribution in [1.82, 2.24) is 0 Å².